The van der Waals surface area contributed by atoms with Crippen molar-refractivity contribution in [2.45, 2.75) is 84.7 Å². The van der Waals surface area contributed by atoms with Crippen LogP contribution >= 0.6 is 0 Å². The van der Waals surface area contributed by atoms with E-state index in [9.17, 15) is 14.4 Å². The lowest BCUT2D eigenvalue weighted by Gasteiger charge is -2.35. The number of anilines is 2. The quantitative estimate of drug-likeness (QED) is 0.293. The highest BCUT2D eigenvalue weighted by Gasteiger charge is 2.34. The Bertz CT molecular complexity index is 1660. The Balaban J connectivity index is 1.33. The highest BCUT2D eigenvalue weighted by molar-refractivity contribution is 6.02. The van der Waals surface area contributed by atoms with Gasteiger partial charge in [0, 0.05) is 72.4 Å². The van der Waals surface area contributed by atoms with Crippen LogP contribution in [0.1, 0.15) is 84.1 Å². The first-order valence-corrected chi connectivity index (χ1v) is 17.4. The molecule has 3 heterocycles. The first-order chi connectivity index (χ1) is 22.6. The third-order valence-electron chi connectivity index (χ3n) is 10.5. The molecule has 0 unspecified atom stereocenters. The van der Waals surface area contributed by atoms with Crippen LogP contribution in [0.25, 0.3) is 11.1 Å². The molecule has 2 aliphatic carbocycles. The Labute approximate surface area is 278 Å². The Morgan fingerprint density at radius 1 is 0.957 bits per heavy atom. The summed E-state index contributed by atoms with van der Waals surface area (Å²) in [5.41, 5.74) is 5.82. The van der Waals surface area contributed by atoms with Crippen molar-refractivity contribution in [2.24, 2.45) is 11.8 Å². The maximum absolute atomic E-state index is 14.1. The normalized spacial score (nSPS) is 17.4. The number of amides is 2. The van der Waals surface area contributed by atoms with Crippen molar-refractivity contribution < 1.29 is 9.59 Å². The van der Waals surface area contributed by atoms with E-state index in [0.717, 1.165) is 104 Å². The molecule has 2 amide bonds. The molecule has 250 valence electrons. The Morgan fingerprint density at radius 3 is 2.30 bits per heavy atom. The molecule has 0 spiro atoms. The Kier molecular flexibility index (Phi) is 9.82. The zero-order chi connectivity index (χ0) is 33.2. The summed E-state index contributed by atoms with van der Waals surface area (Å²) in [6.07, 6.45) is 10.4. The lowest BCUT2D eigenvalue weighted by molar-refractivity contribution is -0.122. The first-order valence-electron chi connectivity index (χ1n) is 17.4. The van der Waals surface area contributed by atoms with Gasteiger partial charge in [0.25, 0.3) is 11.5 Å². The van der Waals surface area contributed by atoms with Gasteiger partial charge < -0.3 is 25.0 Å². The van der Waals surface area contributed by atoms with Crippen LogP contribution in [-0.4, -0.2) is 66.5 Å². The van der Waals surface area contributed by atoms with Crippen LogP contribution in [0, 0.1) is 32.6 Å². The maximum Gasteiger partial charge on any atom is 0.253 e. The first kappa shape index (κ1) is 32.9. The summed E-state index contributed by atoms with van der Waals surface area (Å²) >= 11 is 0. The van der Waals surface area contributed by atoms with Crippen molar-refractivity contribution >= 4 is 23.3 Å². The molecule has 0 radical (unpaired) electrons. The van der Waals surface area contributed by atoms with Crippen LogP contribution in [0.2, 0.25) is 0 Å². The smallest absolute Gasteiger partial charge is 0.253 e. The molecule has 9 nitrogen and oxygen atoms in total. The highest BCUT2D eigenvalue weighted by atomic mass is 16.2. The zero-order valence-electron chi connectivity index (χ0n) is 28.7. The third kappa shape index (κ3) is 7.45. The van der Waals surface area contributed by atoms with Crippen molar-refractivity contribution in [1.29, 1.82) is 0 Å². The van der Waals surface area contributed by atoms with Crippen LogP contribution in [0.3, 0.4) is 0 Å². The molecule has 0 atom stereocenters. The second-order valence-corrected chi connectivity index (χ2v) is 14.3. The van der Waals surface area contributed by atoms with Crippen LogP contribution in [-0.2, 0) is 11.3 Å². The molecular formula is C38H50N6O3. The average Bonchev–Trinajstić information content (AvgIpc) is 3.71. The van der Waals surface area contributed by atoms with E-state index in [4.69, 9.17) is 4.98 Å². The van der Waals surface area contributed by atoms with Gasteiger partial charge in [-0.05, 0) is 126 Å². The van der Waals surface area contributed by atoms with Gasteiger partial charge in [-0.2, -0.15) is 0 Å². The van der Waals surface area contributed by atoms with Crippen molar-refractivity contribution in [3.05, 3.63) is 74.8 Å². The number of hydrogen-bond acceptors (Lipinski definition) is 6. The minimum Gasteiger partial charge on any atom is -0.357 e. The maximum atomic E-state index is 14.1. The summed E-state index contributed by atoms with van der Waals surface area (Å²) in [5.74, 6) is 1.40. The van der Waals surface area contributed by atoms with Crippen molar-refractivity contribution in [1.82, 2.24) is 20.2 Å². The fourth-order valence-electron chi connectivity index (χ4n) is 7.36. The van der Waals surface area contributed by atoms with Gasteiger partial charge in [-0.15, -0.1) is 0 Å². The van der Waals surface area contributed by atoms with Gasteiger partial charge in [-0.1, -0.05) is 12.8 Å². The number of benzene rings is 1. The second-order valence-electron chi connectivity index (χ2n) is 14.3. The number of aromatic nitrogens is 2. The third-order valence-corrected chi connectivity index (χ3v) is 10.5. The van der Waals surface area contributed by atoms with Gasteiger partial charge in [0.1, 0.15) is 5.82 Å². The summed E-state index contributed by atoms with van der Waals surface area (Å²) in [4.78, 5) is 55.0. The van der Waals surface area contributed by atoms with E-state index in [1.54, 1.807) is 0 Å². The summed E-state index contributed by atoms with van der Waals surface area (Å²) in [5, 5.41) is 3.01. The molecule has 1 aliphatic heterocycles. The fourth-order valence-corrected chi connectivity index (χ4v) is 7.36. The lowest BCUT2D eigenvalue weighted by atomic mass is 9.96. The highest BCUT2D eigenvalue weighted by Crippen LogP contribution is 2.38. The topological polar surface area (TPSA) is 102 Å². The molecule has 2 N–H and O–H groups in total. The number of rotatable bonds is 10. The molecule has 9 heteroatoms. The minimum absolute atomic E-state index is 0.0305. The number of carbonyl (C=O) groups is 2. The fraction of sp³-hybridized carbons (Fsp3) is 0.526. The number of H-pyrrole nitrogens is 1. The van der Waals surface area contributed by atoms with E-state index in [0.29, 0.717) is 29.6 Å². The molecule has 2 saturated carbocycles. The number of pyridine rings is 2. The average molecular weight is 639 g/mol. The van der Waals surface area contributed by atoms with E-state index in [2.05, 4.69) is 52.4 Å². The van der Waals surface area contributed by atoms with E-state index < -0.39 is 0 Å². The Morgan fingerprint density at radius 2 is 1.68 bits per heavy atom. The zero-order valence-corrected chi connectivity index (χ0v) is 28.7. The van der Waals surface area contributed by atoms with Crippen LogP contribution in [0.4, 0.5) is 11.5 Å². The van der Waals surface area contributed by atoms with Crippen molar-refractivity contribution in [3.8, 4) is 11.1 Å². The van der Waals surface area contributed by atoms with Crippen molar-refractivity contribution in [2.75, 3.05) is 43.5 Å². The van der Waals surface area contributed by atoms with Gasteiger partial charge in [0.2, 0.25) is 5.91 Å². The van der Waals surface area contributed by atoms with Gasteiger partial charge in [-0.3, -0.25) is 14.4 Å². The molecule has 3 aliphatic rings. The standard InChI is InChI=1S/C38H50N6O3/c1-24-18-25(2)41-37(46)33(24)22-40-36(45)32-19-30(29-12-13-35(39-21-29)43-16-14-31(15-17-43)42(4)5)20-34(26(32)3)44(23-27-10-11-27)38(47)28-8-6-7-9-28/h12-13,18-21,27-28,31H,6-11,14-17,22-23H2,1-5H3,(H,40,45)(H,41,46). The van der Waals surface area contributed by atoms with Crippen LogP contribution in [0.15, 0.2) is 41.3 Å². The number of aromatic amines is 1. The summed E-state index contributed by atoms with van der Waals surface area (Å²) < 4.78 is 0. The second kappa shape index (κ2) is 14.0. The SMILES string of the molecule is Cc1cc(C)c(CNC(=O)c2cc(-c3ccc(N4CCC(N(C)C)CC4)nc3)cc(N(CC3CC3)C(=O)C3CCCC3)c2C)c(=O)[nH]1. The van der Waals surface area contributed by atoms with Gasteiger partial charge in [-0.25, -0.2) is 4.98 Å². The minimum atomic E-state index is -0.266. The number of carbonyl (C=O) groups excluding carboxylic acids is 2. The number of aryl methyl sites for hydroxylation is 2. The van der Waals surface area contributed by atoms with E-state index in [-0.39, 0.29) is 29.8 Å². The molecule has 1 saturated heterocycles. The molecule has 3 aromatic rings. The van der Waals surface area contributed by atoms with Crippen LogP contribution < -0.4 is 20.7 Å². The summed E-state index contributed by atoms with van der Waals surface area (Å²) in [6, 6.07) is 10.7. The predicted molar refractivity (Wildman–Crippen MR) is 188 cm³/mol. The van der Waals surface area contributed by atoms with E-state index >= 15 is 0 Å². The van der Waals surface area contributed by atoms with Gasteiger partial charge >= 0.3 is 0 Å². The molecule has 2 aromatic heterocycles. The van der Waals surface area contributed by atoms with Crippen LogP contribution in [0.5, 0.6) is 0 Å². The largest absolute Gasteiger partial charge is 0.357 e. The predicted octanol–water partition coefficient (Wildman–Crippen LogP) is 5.76. The molecule has 47 heavy (non-hydrogen) atoms. The lowest BCUT2D eigenvalue weighted by Crippen LogP contribution is -2.42. The van der Waals surface area contributed by atoms with Gasteiger partial charge in [0.15, 0.2) is 0 Å². The van der Waals surface area contributed by atoms with E-state index in [1.807, 2.05) is 44.0 Å². The molecular weight excluding hydrogens is 588 g/mol. The molecule has 0 bridgehead atoms. The number of piperidine rings is 1. The number of nitrogens with one attached hydrogen (secondary N) is 2. The number of nitrogens with zero attached hydrogens (tertiary/aromatic N) is 4. The van der Waals surface area contributed by atoms with Crippen molar-refractivity contribution in [3.63, 3.8) is 0 Å². The monoisotopic (exact) mass is 638 g/mol. The summed E-state index contributed by atoms with van der Waals surface area (Å²) in [7, 11) is 4.29. The summed E-state index contributed by atoms with van der Waals surface area (Å²) in [6.45, 7) is 8.42. The molecule has 3 fully saturated rings. The number of hydrogen-bond donors (Lipinski definition) is 2. The van der Waals surface area contributed by atoms with E-state index in [1.165, 1.54) is 0 Å². The Hall–Kier alpha value is -3.98. The molecule has 1 aromatic carbocycles. The molecule has 6 rings (SSSR count). The van der Waals surface area contributed by atoms with Gasteiger partial charge in [0.05, 0.1) is 0 Å².